The summed E-state index contributed by atoms with van der Waals surface area (Å²) < 4.78 is 0. The first-order valence-corrected chi connectivity index (χ1v) is 8.15. The quantitative estimate of drug-likeness (QED) is 0.622. The maximum absolute atomic E-state index is 5.89. The SMILES string of the molecule is CCc1ccc(CC(NN)C2(N(C)C)CCCC2)s1. The van der Waals surface area contributed by atoms with Crippen LogP contribution in [-0.2, 0) is 12.8 Å². The molecule has 2 rings (SSSR count). The summed E-state index contributed by atoms with van der Waals surface area (Å²) in [7, 11) is 4.39. The molecule has 1 aromatic rings. The van der Waals surface area contributed by atoms with Crippen molar-refractivity contribution in [2.75, 3.05) is 14.1 Å². The van der Waals surface area contributed by atoms with E-state index in [0.717, 1.165) is 12.8 Å². The van der Waals surface area contributed by atoms with E-state index in [1.165, 1.54) is 35.4 Å². The van der Waals surface area contributed by atoms with Crippen molar-refractivity contribution in [3.8, 4) is 0 Å². The largest absolute Gasteiger partial charge is 0.302 e. The number of nitrogens with one attached hydrogen (secondary N) is 1. The van der Waals surface area contributed by atoms with Crippen LogP contribution in [0.4, 0.5) is 0 Å². The summed E-state index contributed by atoms with van der Waals surface area (Å²) in [4.78, 5) is 5.31. The van der Waals surface area contributed by atoms with Gasteiger partial charge in [-0.25, -0.2) is 0 Å². The number of rotatable bonds is 6. The van der Waals surface area contributed by atoms with E-state index < -0.39 is 0 Å². The minimum absolute atomic E-state index is 0.227. The fourth-order valence-corrected chi connectivity index (χ4v) is 4.43. The van der Waals surface area contributed by atoms with E-state index in [1.807, 2.05) is 11.3 Å². The average Bonchev–Trinajstić information content (AvgIpc) is 3.05. The number of hydrogen-bond donors (Lipinski definition) is 2. The van der Waals surface area contributed by atoms with E-state index in [-0.39, 0.29) is 5.54 Å². The second-order valence-corrected chi connectivity index (χ2v) is 7.10. The average molecular weight is 281 g/mol. The maximum atomic E-state index is 5.89. The van der Waals surface area contributed by atoms with Crippen LogP contribution in [0, 0.1) is 0 Å². The molecule has 1 saturated carbocycles. The van der Waals surface area contributed by atoms with E-state index in [1.54, 1.807) is 0 Å². The van der Waals surface area contributed by atoms with Crippen molar-refractivity contribution in [3.63, 3.8) is 0 Å². The fourth-order valence-electron chi connectivity index (χ4n) is 3.42. The Kier molecular flexibility index (Phi) is 5.01. The second-order valence-electron chi connectivity index (χ2n) is 5.85. The van der Waals surface area contributed by atoms with Gasteiger partial charge in [-0.1, -0.05) is 19.8 Å². The van der Waals surface area contributed by atoms with Crippen LogP contribution in [0.3, 0.4) is 0 Å². The second kappa shape index (κ2) is 6.35. The summed E-state index contributed by atoms with van der Waals surface area (Å²) in [5, 5.41) is 0. The molecule has 1 atom stereocenters. The normalized spacial score (nSPS) is 20.1. The molecule has 0 radical (unpaired) electrons. The van der Waals surface area contributed by atoms with Crippen LogP contribution in [-0.4, -0.2) is 30.6 Å². The third kappa shape index (κ3) is 3.02. The lowest BCUT2D eigenvalue weighted by molar-refractivity contribution is 0.105. The summed E-state index contributed by atoms with van der Waals surface area (Å²) in [6, 6.07) is 4.87. The molecule has 3 nitrogen and oxygen atoms in total. The number of thiophene rings is 1. The lowest BCUT2D eigenvalue weighted by atomic mass is 9.85. The van der Waals surface area contributed by atoms with Gasteiger partial charge in [-0.15, -0.1) is 11.3 Å². The molecule has 1 fully saturated rings. The van der Waals surface area contributed by atoms with Gasteiger partial charge in [-0.2, -0.15) is 0 Å². The first-order chi connectivity index (χ1) is 9.12. The molecule has 19 heavy (non-hydrogen) atoms. The van der Waals surface area contributed by atoms with E-state index in [9.17, 15) is 0 Å². The number of hydrogen-bond acceptors (Lipinski definition) is 4. The molecule has 3 N–H and O–H groups in total. The molecule has 1 aliphatic rings. The van der Waals surface area contributed by atoms with Gasteiger partial charge in [-0.3, -0.25) is 11.3 Å². The molecule has 0 bridgehead atoms. The summed E-state index contributed by atoms with van der Waals surface area (Å²) in [6.45, 7) is 2.21. The molecule has 108 valence electrons. The van der Waals surface area contributed by atoms with Crippen molar-refractivity contribution in [2.45, 2.75) is 57.0 Å². The van der Waals surface area contributed by atoms with E-state index in [2.05, 4.69) is 43.5 Å². The number of aryl methyl sites for hydroxylation is 1. The molecule has 1 unspecified atom stereocenters. The number of hydrazine groups is 1. The Morgan fingerprint density at radius 3 is 2.42 bits per heavy atom. The van der Waals surface area contributed by atoms with Gasteiger partial charge in [0, 0.05) is 27.8 Å². The van der Waals surface area contributed by atoms with Crippen molar-refractivity contribution < 1.29 is 0 Å². The van der Waals surface area contributed by atoms with Crippen LogP contribution in [0.25, 0.3) is 0 Å². The molecule has 1 aliphatic carbocycles. The minimum Gasteiger partial charge on any atom is -0.302 e. The highest BCUT2D eigenvalue weighted by molar-refractivity contribution is 7.11. The molecular weight excluding hydrogens is 254 g/mol. The molecule has 4 heteroatoms. The summed E-state index contributed by atoms with van der Waals surface area (Å²) in [5.74, 6) is 5.89. The van der Waals surface area contributed by atoms with Gasteiger partial charge >= 0.3 is 0 Å². The molecule has 0 spiro atoms. The number of nitrogens with two attached hydrogens (primary N) is 1. The first kappa shape index (κ1) is 15.0. The topological polar surface area (TPSA) is 41.3 Å². The van der Waals surface area contributed by atoms with E-state index in [0.29, 0.717) is 6.04 Å². The Morgan fingerprint density at radius 2 is 1.95 bits per heavy atom. The Bertz CT molecular complexity index is 394. The third-order valence-corrected chi connectivity index (χ3v) is 5.93. The molecule has 0 aliphatic heterocycles. The Labute approximate surface area is 121 Å². The summed E-state index contributed by atoms with van der Waals surface area (Å²) >= 11 is 1.93. The van der Waals surface area contributed by atoms with E-state index in [4.69, 9.17) is 5.84 Å². The lowest BCUT2D eigenvalue weighted by Gasteiger charge is -2.43. The Hall–Kier alpha value is -0.420. The molecule has 1 aromatic heterocycles. The highest BCUT2D eigenvalue weighted by Gasteiger charge is 2.42. The first-order valence-electron chi connectivity index (χ1n) is 7.33. The number of likely N-dealkylation sites (N-methyl/N-ethyl adjacent to an activating group) is 1. The van der Waals surface area contributed by atoms with Crippen LogP contribution >= 0.6 is 11.3 Å². The molecule has 1 heterocycles. The molecule has 0 amide bonds. The van der Waals surface area contributed by atoms with Crippen LogP contribution in [0.2, 0.25) is 0 Å². The zero-order valence-electron chi connectivity index (χ0n) is 12.4. The summed E-state index contributed by atoms with van der Waals surface area (Å²) in [5.41, 5.74) is 3.33. The predicted octanol–water partition coefficient (Wildman–Crippen LogP) is 2.56. The van der Waals surface area contributed by atoms with Gasteiger partial charge in [-0.05, 0) is 45.5 Å². The predicted molar refractivity (Wildman–Crippen MR) is 83.4 cm³/mol. The van der Waals surface area contributed by atoms with E-state index >= 15 is 0 Å². The van der Waals surface area contributed by atoms with Gasteiger partial charge in [0.15, 0.2) is 0 Å². The van der Waals surface area contributed by atoms with Crippen LogP contribution in [0.5, 0.6) is 0 Å². The smallest absolute Gasteiger partial charge is 0.0442 e. The Morgan fingerprint density at radius 1 is 1.32 bits per heavy atom. The van der Waals surface area contributed by atoms with Gasteiger partial charge in [0.1, 0.15) is 0 Å². The molecular formula is C15H27N3S. The van der Waals surface area contributed by atoms with Crippen molar-refractivity contribution in [1.82, 2.24) is 10.3 Å². The summed E-state index contributed by atoms with van der Waals surface area (Å²) in [6.07, 6.45) is 7.31. The zero-order valence-corrected chi connectivity index (χ0v) is 13.2. The van der Waals surface area contributed by atoms with Crippen LogP contribution in [0.15, 0.2) is 12.1 Å². The van der Waals surface area contributed by atoms with Crippen molar-refractivity contribution in [2.24, 2.45) is 5.84 Å². The zero-order chi connectivity index (χ0) is 13.9. The maximum Gasteiger partial charge on any atom is 0.0442 e. The van der Waals surface area contributed by atoms with Crippen LogP contribution < -0.4 is 11.3 Å². The fraction of sp³-hybridized carbons (Fsp3) is 0.733. The highest BCUT2D eigenvalue weighted by Crippen LogP contribution is 2.38. The van der Waals surface area contributed by atoms with Gasteiger partial charge in [0.25, 0.3) is 0 Å². The van der Waals surface area contributed by atoms with Crippen molar-refractivity contribution in [3.05, 3.63) is 21.9 Å². The van der Waals surface area contributed by atoms with Crippen molar-refractivity contribution >= 4 is 11.3 Å². The van der Waals surface area contributed by atoms with Gasteiger partial charge < -0.3 is 4.90 Å². The standard InChI is InChI=1S/C15H27N3S/c1-4-12-7-8-13(19-12)11-14(17-16)15(18(2)3)9-5-6-10-15/h7-8,14,17H,4-6,9-11,16H2,1-3H3. The van der Waals surface area contributed by atoms with Crippen molar-refractivity contribution in [1.29, 1.82) is 0 Å². The third-order valence-electron chi connectivity index (χ3n) is 4.68. The van der Waals surface area contributed by atoms with Gasteiger partial charge in [0.05, 0.1) is 0 Å². The van der Waals surface area contributed by atoms with Crippen LogP contribution in [0.1, 0.15) is 42.4 Å². The Balaban J connectivity index is 2.14. The highest BCUT2D eigenvalue weighted by atomic mass is 32.1. The molecule has 0 aromatic carbocycles. The minimum atomic E-state index is 0.227. The lowest BCUT2D eigenvalue weighted by Crippen LogP contribution is -2.60. The monoisotopic (exact) mass is 281 g/mol. The molecule has 0 saturated heterocycles. The van der Waals surface area contributed by atoms with Gasteiger partial charge in [0.2, 0.25) is 0 Å². The number of nitrogens with zero attached hydrogens (tertiary/aromatic N) is 1.